The molecule has 0 unspecified atom stereocenters. The molecule has 0 aromatic heterocycles. The average molecular weight is 557 g/mol. The Balaban J connectivity index is 1.15. The smallest absolute Gasteiger partial charge is 0.306 e. The van der Waals surface area contributed by atoms with E-state index in [4.69, 9.17) is 4.74 Å². The van der Waals surface area contributed by atoms with E-state index >= 15 is 0 Å². The van der Waals surface area contributed by atoms with Gasteiger partial charge in [0.25, 0.3) is 0 Å². The molecule has 220 valence electrons. The number of ether oxygens (including phenoxy) is 1. The van der Waals surface area contributed by atoms with Crippen molar-refractivity contribution < 1.29 is 33.8 Å². The number of allylic oxidation sites excluding steroid dienone is 1. The molecule has 5 aliphatic rings. The van der Waals surface area contributed by atoms with Crippen LogP contribution >= 0.6 is 0 Å². The van der Waals surface area contributed by atoms with Gasteiger partial charge in [-0.1, -0.05) is 19.4 Å². The molecule has 9 heteroatoms. The Bertz CT molecular complexity index is 1120. The van der Waals surface area contributed by atoms with Gasteiger partial charge in [-0.25, -0.2) is 0 Å². The van der Waals surface area contributed by atoms with E-state index in [-0.39, 0.29) is 35.9 Å². The summed E-state index contributed by atoms with van der Waals surface area (Å²) in [4.78, 5) is 62.2. The van der Waals surface area contributed by atoms with Crippen molar-refractivity contribution in [3.05, 3.63) is 11.6 Å². The fourth-order valence-electron chi connectivity index (χ4n) is 8.93. The Labute approximate surface area is 236 Å². The Kier molecular flexibility index (Phi) is 7.98. The van der Waals surface area contributed by atoms with Crippen molar-refractivity contribution in [1.82, 2.24) is 10.6 Å². The molecule has 0 spiro atoms. The molecule has 3 saturated carbocycles. The van der Waals surface area contributed by atoms with Crippen LogP contribution in [0.5, 0.6) is 0 Å². The van der Waals surface area contributed by atoms with Crippen molar-refractivity contribution in [1.29, 1.82) is 0 Å². The number of rotatable bonds is 7. The van der Waals surface area contributed by atoms with Crippen LogP contribution in [0.1, 0.15) is 97.3 Å². The molecule has 5 rings (SSSR count). The minimum Gasteiger partial charge on any atom is -0.458 e. The number of ketones is 2. The SMILES string of the molecule is C[C@]12CCC(=O)C=C1CC[C@H]1[C@H]2CC[C@@]2(C)[C@@H]1CC[C@]2(O)C(=O)COC(=O)CCC(=O)N[C@H]1CCCCNC1=O. The molecule has 0 aromatic carbocycles. The highest BCUT2D eigenvalue weighted by molar-refractivity contribution is 5.92. The molecule has 9 nitrogen and oxygen atoms in total. The van der Waals surface area contributed by atoms with Gasteiger partial charge in [-0.15, -0.1) is 0 Å². The van der Waals surface area contributed by atoms with E-state index in [2.05, 4.69) is 17.6 Å². The standard InChI is InChI=1S/C31H44N2O7/c1-29-13-10-20(34)17-19(29)6-7-21-22(29)11-14-30(2)23(21)12-15-31(30,39)25(35)18-40-27(37)9-8-26(36)33-24-5-3-4-16-32-28(24)38/h17,21-24,39H,3-16,18H2,1-2H3,(H,32,38)(H,33,36)/t21-,22+,23+,24-,29-,30-,31-/m0/s1. The molecule has 0 aromatic rings. The number of esters is 1. The summed E-state index contributed by atoms with van der Waals surface area (Å²) in [5, 5.41) is 17.2. The molecule has 1 heterocycles. The number of nitrogens with one attached hydrogen (secondary N) is 2. The van der Waals surface area contributed by atoms with E-state index in [1.54, 1.807) is 0 Å². The summed E-state index contributed by atoms with van der Waals surface area (Å²) in [5.41, 5.74) is -0.827. The van der Waals surface area contributed by atoms with Crippen molar-refractivity contribution in [2.24, 2.45) is 28.6 Å². The van der Waals surface area contributed by atoms with Crippen molar-refractivity contribution in [3.8, 4) is 0 Å². The first-order valence-corrected chi connectivity index (χ1v) is 15.2. The zero-order valence-electron chi connectivity index (χ0n) is 23.9. The largest absolute Gasteiger partial charge is 0.458 e. The third-order valence-electron chi connectivity index (χ3n) is 11.4. The highest BCUT2D eigenvalue weighted by Crippen LogP contribution is 2.67. The number of fused-ring (bicyclic) bond motifs is 5. The Morgan fingerprint density at radius 2 is 1.77 bits per heavy atom. The van der Waals surface area contributed by atoms with Crippen molar-refractivity contribution >= 4 is 29.4 Å². The molecule has 1 saturated heterocycles. The summed E-state index contributed by atoms with van der Waals surface area (Å²) < 4.78 is 5.24. The minimum atomic E-state index is -1.55. The molecule has 2 amide bonds. The van der Waals surface area contributed by atoms with E-state index in [0.29, 0.717) is 37.6 Å². The summed E-state index contributed by atoms with van der Waals surface area (Å²) in [5.74, 6) is -0.476. The number of hydrogen-bond donors (Lipinski definition) is 3. The summed E-state index contributed by atoms with van der Waals surface area (Å²) in [6.45, 7) is 4.43. The first-order valence-electron chi connectivity index (χ1n) is 15.2. The van der Waals surface area contributed by atoms with Gasteiger partial charge in [-0.2, -0.15) is 0 Å². The highest BCUT2D eigenvalue weighted by Gasteiger charge is 2.66. The van der Waals surface area contributed by atoms with Gasteiger partial charge in [-0.05, 0) is 93.5 Å². The maximum Gasteiger partial charge on any atom is 0.306 e. The van der Waals surface area contributed by atoms with Crippen LogP contribution in [0.15, 0.2) is 11.6 Å². The fraction of sp³-hybridized carbons (Fsp3) is 0.774. The van der Waals surface area contributed by atoms with Gasteiger partial charge in [0.1, 0.15) is 11.6 Å². The van der Waals surface area contributed by atoms with Crippen molar-refractivity contribution in [2.45, 2.75) is 109 Å². The summed E-state index contributed by atoms with van der Waals surface area (Å²) >= 11 is 0. The molecule has 0 bridgehead atoms. The van der Waals surface area contributed by atoms with Crippen molar-refractivity contribution in [3.63, 3.8) is 0 Å². The van der Waals surface area contributed by atoms with Gasteiger partial charge in [0.05, 0.1) is 6.42 Å². The van der Waals surface area contributed by atoms with E-state index < -0.39 is 41.3 Å². The van der Waals surface area contributed by atoms with Gasteiger partial charge in [0.15, 0.2) is 12.4 Å². The third-order valence-corrected chi connectivity index (χ3v) is 11.4. The average Bonchev–Trinajstić information content (AvgIpc) is 3.05. The van der Waals surface area contributed by atoms with E-state index in [0.717, 1.165) is 51.4 Å². The maximum atomic E-state index is 13.4. The Morgan fingerprint density at radius 1 is 1.00 bits per heavy atom. The molecular weight excluding hydrogens is 512 g/mol. The third kappa shape index (κ3) is 5.03. The van der Waals surface area contributed by atoms with Crippen LogP contribution in [-0.4, -0.2) is 59.3 Å². The second kappa shape index (κ2) is 11.0. The van der Waals surface area contributed by atoms with E-state index in [9.17, 15) is 29.1 Å². The lowest BCUT2D eigenvalue weighted by Crippen LogP contribution is -2.58. The monoisotopic (exact) mass is 556 g/mol. The lowest BCUT2D eigenvalue weighted by Gasteiger charge is -2.58. The normalized spacial score (nSPS) is 39.0. The molecule has 0 radical (unpaired) electrons. The summed E-state index contributed by atoms with van der Waals surface area (Å²) in [6.07, 6.45) is 9.91. The number of amides is 2. The summed E-state index contributed by atoms with van der Waals surface area (Å²) in [7, 11) is 0. The van der Waals surface area contributed by atoms with Gasteiger partial charge >= 0.3 is 5.97 Å². The van der Waals surface area contributed by atoms with Crippen LogP contribution in [0.4, 0.5) is 0 Å². The van der Waals surface area contributed by atoms with Crippen molar-refractivity contribution in [2.75, 3.05) is 13.2 Å². The Morgan fingerprint density at radius 3 is 2.58 bits per heavy atom. The van der Waals surface area contributed by atoms with Crippen LogP contribution in [0.2, 0.25) is 0 Å². The lowest BCUT2D eigenvalue weighted by molar-refractivity contribution is -0.170. The highest BCUT2D eigenvalue weighted by atomic mass is 16.5. The van der Waals surface area contributed by atoms with Crippen LogP contribution < -0.4 is 10.6 Å². The second-order valence-corrected chi connectivity index (χ2v) is 13.3. The number of aliphatic hydroxyl groups is 1. The van der Waals surface area contributed by atoms with Gasteiger partial charge in [-0.3, -0.25) is 24.0 Å². The number of Topliss-reactive ketones (excluding diaryl/α,β-unsaturated/α-hetero) is 1. The molecule has 1 aliphatic heterocycles. The first-order chi connectivity index (χ1) is 19.0. The van der Waals surface area contributed by atoms with Crippen LogP contribution in [0, 0.1) is 28.6 Å². The van der Waals surface area contributed by atoms with Gasteiger partial charge in [0, 0.05) is 24.8 Å². The topological polar surface area (TPSA) is 139 Å². The zero-order valence-corrected chi connectivity index (χ0v) is 23.9. The van der Waals surface area contributed by atoms with Gasteiger partial charge in [0.2, 0.25) is 17.6 Å². The lowest BCUT2D eigenvalue weighted by atomic mass is 9.46. The number of carbonyl (C=O) groups excluding carboxylic acids is 5. The van der Waals surface area contributed by atoms with E-state index in [1.165, 1.54) is 5.57 Å². The quantitative estimate of drug-likeness (QED) is 0.410. The molecule has 4 aliphatic carbocycles. The number of carbonyl (C=O) groups is 5. The summed E-state index contributed by atoms with van der Waals surface area (Å²) in [6, 6.07) is -0.594. The predicted octanol–water partition coefficient (Wildman–Crippen LogP) is 2.93. The van der Waals surface area contributed by atoms with E-state index in [1.807, 2.05) is 13.0 Å². The van der Waals surface area contributed by atoms with Crippen LogP contribution in [-0.2, 0) is 28.7 Å². The predicted molar refractivity (Wildman–Crippen MR) is 146 cm³/mol. The first kappa shape index (κ1) is 29.0. The van der Waals surface area contributed by atoms with Gasteiger partial charge < -0.3 is 20.5 Å². The second-order valence-electron chi connectivity index (χ2n) is 13.3. The van der Waals surface area contributed by atoms with Crippen LogP contribution in [0.25, 0.3) is 0 Å². The Hall–Kier alpha value is -2.55. The molecule has 40 heavy (non-hydrogen) atoms. The fourth-order valence-corrected chi connectivity index (χ4v) is 8.93. The van der Waals surface area contributed by atoms with Crippen LogP contribution in [0.3, 0.4) is 0 Å². The molecule has 7 atom stereocenters. The maximum absolute atomic E-state index is 13.4. The minimum absolute atomic E-state index is 0.0186. The molecule has 3 N–H and O–H groups in total. The number of hydrogen-bond acceptors (Lipinski definition) is 7. The zero-order chi connectivity index (χ0) is 28.7. The molecular formula is C31H44N2O7. The molecule has 4 fully saturated rings.